The molecule has 2 heterocycles. The van der Waals surface area contributed by atoms with E-state index in [1.165, 1.54) is 18.2 Å². The molecule has 148 valence electrons. The standard InChI is InChI=1S/C18H16BrF3N4OS/c1-26-12(6-7-25-26)15-14(19)13(16(28-15)17(24)27)10(8-23)9-4-2-3-5-11(9)18(20,21)22/h2-7,10H,8,23H2,1H3,(H2,24,27). The number of aromatic nitrogens is 2. The van der Waals surface area contributed by atoms with Gasteiger partial charge in [0.2, 0.25) is 0 Å². The third-order valence-corrected chi connectivity index (χ3v) is 6.72. The number of nitrogens with zero attached hydrogens (tertiary/aromatic N) is 2. The Morgan fingerprint density at radius 2 is 2.00 bits per heavy atom. The summed E-state index contributed by atoms with van der Waals surface area (Å²) < 4.78 is 42.7. The molecule has 4 N–H and O–H groups in total. The zero-order valence-corrected chi connectivity index (χ0v) is 17.0. The Balaban J connectivity index is 2.27. The van der Waals surface area contributed by atoms with Gasteiger partial charge in [-0.15, -0.1) is 11.3 Å². The van der Waals surface area contributed by atoms with Crippen LogP contribution in [0, 0.1) is 0 Å². The summed E-state index contributed by atoms with van der Waals surface area (Å²) in [6, 6.07) is 6.95. The van der Waals surface area contributed by atoms with Crippen molar-refractivity contribution in [3.63, 3.8) is 0 Å². The first-order chi connectivity index (χ1) is 13.2. The number of nitrogens with two attached hydrogens (primary N) is 2. The number of hydrogen-bond donors (Lipinski definition) is 2. The molecule has 0 aliphatic rings. The van der Waals surface area contributed by atoms with E-state index in [0.717, 1.165) is 17.4 Å². The predicted octanol–water partition coefficient (Wildman–Crippen LogP) is 4.12. The van der Waals surface area contributed by atoms with Gasteiger partial charge in [0.15, 0.2) is 0 Å². The first-order valence-corrected chi connectivity index (χ1v) is 9.74. The van der Waals surface area contributed by atoms with Crippen molar-refractivity contribution in [1.82, 2.24) is 9.78 Å². The second kappa shape index (κ2) is 7.69. The summed E-state index contributed by atoms with van der Waals surface area (Å²) in [7, 11) is 1.73. The molecule has 1 atom stereocenters. The predicted molar refractivity (Wildman–Crippen MR) is 105 cm³/mol. The number of rotatable bonds is 5. The largest absolute Gasteiger partial charge is 0.416 e. The molecule has 0 aliphatic heterocycles. The van der Waals surface area contributed by atoms with Crippen LogP contribution in [0.25, 0.3) is 10.6 Å². The molecule has 10 heteroatoms. The topological polar surface area (TPSA) is 86.9 Å². The van der Waals surface area contributed by atoms with Crippen LogP contribution in [-0.2, 0) is 13.2 Å². The highest BCUT2D eigenvalue weighted by atomic mass is 79.9. The lowest BCUT2D eigenvalue weighted by molar-refractivity contribution is -0.138. The Kier molecular flexibility index (Phi) is 5.64. The van der Waals surface area contributed by atoms with E-state index < -0.39 is 23.6 Å². The number of alkyl halides is 3. The van der Waals surface area contributed by atoms with Gasteiger partial charge in [-0.3, -0.25) is 9.48 Å². The Labute approximate surface area is 171 Å². The van der Waals surface area contributed by atoms with Crippen LogP contribution in [0.5, 0.6) is 0 Å². The second-order valence-corrected chi connectivity index (χ2v) is 7.88. The molecular formula is C18H16BrF3N4OS. The molecule has 3 aromatic rings. The molecule has 5 nitrogen and oxygen atoms in total. The van der Waals surface area contributed by atoms with E-state index in [9.17, 15) is 18.0 Å². The third-order valence-electron chi connectivity index (χ3n) is 4.39. The number of carbonyl (C=O) groups excluding carboxylic acids is 1. The lowest BCUT2D eigenvalue weighted by Crippen LogP contribution is -2.22. The van der Waals surface area contributed by atoms with E-state index >= 15 is 0 Å². The minimum atomic E-state index is -4.55. The molecule has 1 unspecified atom stereocenters. The van der Waals surface area contributed by atoms with Gasteiger partial charge >= 0.3 is 6.18 Å². The van der Waals surface area contributed by atoms with Crippen molar-refractivity contribution in [2.24, 2.45) is 18.5 Å². The van der Waals surface area contributed by atoms with Crippen LogP contribution in [-0.4, -0.2) is 22.2 Å². The summed E-state index contributed by atoms with van der Waals surface area (Å²) in [5.74, 6) is -1.59. The highest BCUT2D eigenvalue weighted by Crippen LogP contribution is 2.46. The number of aryl methyl sites for hydroxylation is 1. The lowest BCUT2D eigenvalue weighted by Gasteiger charge is -2.21. The fraction of sp³-hybridized carbons (Fsp3) is 0.222. The van der Waals surface area contributed by atoms with E-state index in [4.69, 9.17) is 11.5 Å². The van der Waals surface area contributed by atoms with Crippen molar-refractivity contribution in [2.75, 3.05) is 6.54 Å². The van der Waals surface area contributed by atoms with Crippen LogP contribution in [0.3, 0.4) is 0 Å². The van der Waals surface area contributed by atoms with Crippen LogP contribution in [0.4, 0.5) is 13.2 Å². The summed E-state index contributed by atoms with van der Waals surface area (Å²) in [6.45, 7) is -0.131. The number of benzene rings is 1. The summed E-state index contributed by atoms with van der Waals surface area (Å²) in [4.78, 5) is 12.9. The number of primary amides is 1. The summed E-state index contributed by atoms with van der Waals surface area (Å²) >= 11 is 4.56. The molecule has 0 aliphatic carbocycles. The molecule has 1 aromatic carbocycles. The average molecular weight is 473 g/mol. The zero-order chi connectivity index (χ0) is 20.6. The Hall–Kier alpha value is -2.17. The highest BCUT2D eigenvalue weighted by molar-refractivity contribution is 9.10. The molecule has 0 saturated carbocycles. The molecule has 0 spiro atoms. The van der Waals surface area contributed by atoms with Crippen molar-refractivity contribution in [3.05, 3.63) is 62.6 Å². The van der Waals surface area contributed by atoms with Gasteiger partial charge < -0.3 is 11.5 Å². The Morgan fingerprint density at radius 3 is 2.54 bits per heavy atom. The normalized spacial score (nSPS) is 12.9. The van der Waals surface area contributed by atoms with E-state index in [1.807, 2.05) is 0 Å². The van der Waals surface area contributed by atoms with Gasteiger partial charge in [0.25, 0.3) is 5.91 Å². The van der Waals surface area contributed by atoms with Gasteiger partial charge in [0.05, 0.1) is 21.0 Å². The maximum atomic E-state index is 13.5. The van der Waals surface area contributed by atoms with Crippen molar-refractivity contribution in [1.29, 1.82) is 0 Å². The SMILES string of the molecule is Cn1nccc1-c1sc(C(N)=O)c(C(CN)c2ccccc2C(F)(F)F)c1Br. The minimum absolute atomic E-state index is 0.00458. The van der Waals surface area contributed by atoms with Gasteiger partial charge in [0.1, 0.15) is 0 Å². The second-order valence-electron chi connectivity index (χ2n) is 6.07. The van der Waals surface area contributed by atoms with Crippen LogP contribution in [0.1, 0.15) is 32.3 Å². The van der Waals surface area contributed by atoms with E-state index in [0.29, 0.717) is 20.6 Å². The number of thiophene rings is 1. The summed E-state index contributed by atoms with van der Waals surface area (Å²) in [6.07, 6.45) is -2.96. The molecular weight excluding hydrogens is 457 g/mol. The van der Waals surface area contributed by atoms with E-state index in [-0.39, 0.29) is 17.0 Å². The van der Waals surface area contributed by atoms with Gasteiger partial charge in [-0.05, 0) is 39.2 Å². The van der Waals surface area contributed by atoms with Crippen LogP contribution in [0.15, 0.2) is 41.0 Å². The third kappa shape index (κ3) is 3.59. The molecule has 28 heavy (non-hydrogen) atoms. The van der Waals surface area contributed by atoms with E-state index in [1.54, 1.807) is 24.0 Å². The van der Waals surface area contributed by atoms with Crippen molar-refractivity contribution in [2.45, 2.75) is 12.1 Å². The number of carbonyl (C=O) groups is 1. The molecule has 3 rings (SSSR count). The zero-order valence-electron chi connectivity index (χ0n) is 14.6. The van der Waals surface area contributed by atoms with E-state index in [2.05, 4.69) is 21.0 Å². The van der Waals surface area contributed by atoms with Crippen molar-refractivity contribution in [3.8, 4) is 10.6 Å². The molecule has 0 bridgehead atoms. The number of halogens is 4. The van der Waals surface area contributed by atoms with Gasteiger partial charge in [0, 0.05) is 30.2 Å². The minimum Gasteiger partial charge on any atom is -0.365 e. The molecule has 2 aromatic heterocycles. The monoisotopic (exact) mass is 472 g/mol. The highest BCUT2D eigenvalue weighted by Gasteiger charge is 2.37. The lowest BCUT2D eigenvalue weighted by atomic mass is 9.87. The Morgan fingerprint density at radius 1 is 1.32 bits per heavy atom. The van der Waals surface area contributed by atoms with Crippen LogP contribution < -0.4 is 11.5 Å². The molecule has 0 saturated heterocycles. The number of hydrogen-bond acceptors (Lipinski definition) is 4. The summed E-state index contributed by atoms with van der Waals surface area (Å²) in [5, 5.41) is 4.10. The van der Waals surface area contributed by atoms with Gasteiger partial charge in [-0.1, -0.05) is 18.2 Å². The Bertz CT molecular complexity index is 1030. The molecule has 0 radical (unpaired) electrons. The molecule has 0 fully saturated rings. The summed E-state index contributed by atoms with van der Waals surface area (Å²) in [5.41, 5.74) is 11.7. The average Bonchev–Trinajstić information content (AvgIpc) is 3.19. The molecule has 1 amide bonds. The van der Waals surface area contributed by atoms with Crippen molar-refractivity contribution >= 4 is 33.2 Å². The van der Waals surface area contributed by atoms with Gasteiger partial charge in [-0.25, -0.2) is 0 Å². The fourth-order valence-electron chi connectivity index (χ4n) is 3.14. The first kappa shape index (κ1) is 20.6. The first-order valence-electron chi connectivity index (χ1n) is 8.13. The van der Waals surface area contributed by atoms with Crippen molar-refractivity contribution < 1.29 is 18.0 Å². The quantitative estimate of drug-likeness (QED) is 0.585. The van der Waals surface area contributed by atoms with Crippen LogP contribution in [0.2, 0.25) is 0 Å². The number of amides is 1. The fourth-order valence-corrected chi connectivity index (χ4v) is 5.35. The maximum absolute atomic E-state index is 13.5. The van der Waals surface area contributed by atoms with Gasteiger partial charge in [-0.2, -0.15) is 18.3 Å². The smallest absolute Gasteiger partial charge is 0.365 e. The maximum Gasteiger partial charge on any atom is 0.416 e. The van der Waals surface area contributed by atoms with Crippen LogP contribution >= 0.6 is 27.3 Å².